The van der Waals surface area contributed by atoms with Crippen LogP contribution in [0, 0.1) is 5.92 Å². The van der Waals surface area contributed by atoms with Gasteiger partial charge in [0.15, 0.2) is 0 Å². The van der Waals surface area contributed by atoms with Crippen molar-refractivity contribution < 1.29 is 14.7 Å². The van der Waals surface area contributed by atoms with Crippen LogP contribution in [0.2, 0.25) is 0 Å². The first-order chi connectivity index (χ1) is 12.5. The van der Waals surface area contributed by atoms with Crippen LogP contribution in [0.4, 0.5) is 0 Å². The molecule has 0 aliphatic rings. The van der Waals surface area contributed by atoms with Crippen LogP contribution >= 0.6 is 0 Å². The van der Waals surface area contributed by atoms with Gasteiger partial charge >= 0.3 is 5.97 Å². The molecule has 0 spiro atoms. The number of carboxylic acids is 1. The van der Waals surface area contributed by atoms with E-state index in [0.717, 1.165) is 16.5 Å². The summed E-state index contributed by atoms with van der Waals surface area (Å²) >= 11 is 0. The zero-order valence-corrected chi connectivity index (χ0v) is 14.8. The molecule has 1 atom stereocenters. The number of carboxylic acid groups (broad SMARTS) is 1. The molecule has 2 N–H and O–H groups in total. The summed E-state index contributed by atoms with van der Waals surface area (Å²) in [5.41, 5.74) is 2.56. The number of benzene rings is 2. The summed E-state index contributed by atoms with van der Waals surface area (Å²) in [5, 5.41) is 12.8. The van der Waals surface area contributed by atoms with E-state index in [1.165, 1.54) is 0 Å². The predicted octanol–water partition coefficient (Wildman–Crippen LogP) is 3.53. The molecule has 1 amide bonds. The van der Waals surface area contributed by atoms with Gasteiger partial charge in [-0.2, -0.15) is 0 Å². The highest BCUT2D eigenvalue weighted by Crippen LogP contribution is 2.23. The Morgan fingerprint density at radius 3 is 2.35 bits per heavy atom. The van der Waals surface area contributed by atoms with Gasteiger partial charge in [-0.25, -0.2) is 4.79 Å². The standard InChI is InChI=1S/C21H22N2O3/c1-14(2)19(21(25)26)22-20(24)17-13-23(12-15-8-4-3-5-9-15)18-11-7-6-10-16(17)18/h3-11,13-14,19H,12H2,1-2H3,(H,22,24)(H,25,26). The molecule has 2 aromatic carbocycles. The molecule has 0 bridgehead atoms. The number of para-hydroxylation sites is 1. The lowest BCUT2D eigenvalue weighted by Crippen LogP contribution is -2.44. The van der Waals surface area contributed by atoms with E-state index in [9.17, 15) is 14.7 Å². The quantitative estimate of drug-likeness (QED) is 0.714. The van der Waals surface area contributed by atoms with Crippen LogP contribution in [-0.4, -0.2) is 27.6 Å². The van der Waals surface area contributed by atoms with Crippen LogP contribution in [0.1, 0.15) is 29.8 Å². The fourth-order valence-electron chi connectivity index (χ4n) is 3.07. The Balaban J connectivity index is 1.96. The minimum Gasteiger partial charge on any atom is -0.480 e. The summed E-state index contributed by atoms with van der Waals surface area (Å²) in [4.78, 5) is 24.2. The third-order valence-corrected chi connectivity index (χ3v) is 4.45. The second-order valence-electron chi connectivity index (χ2n) is 6.71. The lowest BCUT2D eigenvalue weighted by Gasteiger charge is -2.17. The monoisotopic (exact) mass is 350 g/mol. The van der Waals surface area contributed by atoms with Crippen molar-refractivity contribution in [2.75, 3.05) is 0 Å². The van der Waals surface area contributed by atoms with Gasteiger partial charge in [0.05, 0.1) is 5.56 Å². The average molecular weight is 350 g/mol. The maximum atomic E-state index is 12.8. The van der Waals surface area contributed by atoms with Crippen molar-refractivity contribution in [3.8, 4) is 0 Å². The van der Waals surface area contributed by atoms with Crippen molar-refractivity contribution in [1.29, 1.82) is 0 Å². The summed E-state index contributed by atoms with van der Waals surface area (Å²) in [6.07, 6.45) is 1.80. The summed E-state index contributed by atoms with van der Waals surface area (Å²) in [7, 11) is 0. The van der Waals surface area contributed by atoms with E-state index in [2.05, 4.69) is 5.32 Å². The van der Waals surface area contributed by atoms with Gasteiger partial charge in [-0.3, -0.25) is 4.79 Å². The summed E-state index contributed by atoms with van der Waals surface area (Å²) < 4.78 is 2.02. The van der Waals surface area contributed by atoms with Crippen LogP contribution in [0.25, 0.3) is 10.9 Å². The molecular formula is C21H22N2O3. The smallest absolute Gasteiger partial charge is 0.326 e. The summed E-state index contributed by atoms with van der Waals surface area (Å²) in [6, 6.07) is 16.7. The van der Waals surface area contributed by atoms with Crippen LogP contribution in [-0.2, 0) is 11.3 Å². The van der Waals surface area contributed by atoms with E-state index in [-0.39, 0.29) is 11.8 Å². The second kappa shape index (κ2) is 7.44. The van der Waals surface area contributed by atoms with Crippen LogP contribution < -0.4 is 5.32 Å². The zero-order valence-electron chi connectivity index (χ0n) is 14.8. The number of aliphatic carboxylic acids is 1. The molecule has 3 aromatic rings. The summed E-state index contributed by atoms with van der Waals surface area (Å²) in [6.45, 7) is 4.19. The van der Waals surface area contributed by atoms with Gasteiger partial charge < -0.3 is 15.0 Å². The molecular weight excluding hydrogens is 328 g/mol. The third-order valence-electron chi connectivity index (χ3n) is 4.45. The Kier molecular flexibility index (Phi) is 5.07. The topological polar surface area (TPSA) is 71.3 Å². The number of rotatable bonds is 6. The van der Waals surface area contributed by atoms with Crippen molar-refractivity contribution in [3.05, 3.63) is 71.9 Å². The minimum absolute atomic E-state index is 0.200. The number of amides is 1. The number of fused-ring (bicyclic) bond motifs is 1. The van der Waals surface area contributed by atoms with E-state index in [4.69, 9.17) is 0 Å². The van der Waals surface area contributed by atoms with Gasteiger partial charge in [0.1, 0.15) is 6.04 Å². The molecule has 1 heterocycles. The lowest BCUT2D eigenvalue weighted by atomic mass is 10.0. The van der Waals surface area contributed by atoms with E-state index in [0.29, 0.717) is 12.1 Å². The van der Waals surface area contributed by atoms with Gasteiger partial charge in [-0.15, -0.1) is 0 Å². The van der Waals surface area contributed by atoms with Gasteiger partial charge in [0.25, 0.3) is 5.91 Å². The fourth-order valence-corrected chi connectivity index (χ4v) is 3.07. The molecule has 5 nitrogen and oxygen atoms in total. The van der Waals surface area contributed by atoms with Gasteiger partial charge in [-0.05, 0) is 17.5 Å². The molecule has 0 fully saturated rings. The molecule has 0 saturated carbocycles. The van der Waals surface area contributed by atoms with Crippen molar-refractivity contribution in [3.63, 3.8) is 0 Å². The average Bonchev–Trinajstić information content (AvgIpc) is 2.99. The Morgan fingerprint density at radius 1 is 1.04 bits per heavy atom. The molecule has 3 rings (SSSR count). The van der Waals surface area contributed by atoms with Crippen LogP contribution in [0.3, 0.4) is 0 Å². The molecule has 26 heavy (non-hydrogen) atoms. The number of hydrogen-bond acceptors (Lipinski definition) is 2. The molecule has 1 aromatic heterocycles. The molecule has 0 radical (unpaired) electrons. The van der Waals surface area contributed by atoms with E-state index < -0.39 is 12.0 Å². The first-order valence-electron chi connectivity index (χ1n) is 8.63. The Labute approximate surface area is 152 Å². The highest BCUT2D eigenvalue weighted by Gasteiger charge is 2.25. The highest BCUT2D eigenvalue weighted by molar-refractivity contribution is 6.08. The number of aromatic nitrogens is 1. The second-order valence-corrected chi connectivity index (χ2v) is 6.71. The number of nitrogens with one attached hydrogen (secondary N) is 1. The molecule has 0 saturated heterocycles. The summed E-state index contributed by atoms with van der Waals surface area (Å²) in [5.74, 6) is -1.59. The number of nitrogens with zero attached hydrogens (tertiary/aromatic N) is 1. The zero-order chi connectivity index (χ0) is 18.7. The van der Waals surface area contributed by atoms with Crippen molar-refractivity contribution in [1.82, 2.24) is 9.88 Å². The van der Waals surface area contributed by atoms with E-state index in [1.807, 2.05) is 59.2 Å². The van der Waals surface area contributed by atoms with Crippen molar-refractivity contribution >= 4 is 22.8 Å². The van der Waals surface area contributed by atoms with Gasteiger partial charge in [0, 0.05) is 23.6 Å². The fraction of sp³-hybridized carbons (Fsp3) is 0.238. The van der Waals surface area contributed by atoms with Gasteiger partial charge in [-0.1, -0.05) is 62.4 Å². The Morgan fingerprint density at radius 2 is 1.69 bits per heavy atom. The molecule has 134 valence electrons. The van der Waals surface area contributed by atoms with Gasteiger partial charge in [0.2, 0.25) is 0 Å². The third kappa shape index (κ3) is 3.61. The van der Waals surface area contributed by atoms with Crippen LogP contribution in [0.5, 0.6) is 0 Å². The SMILES string of the molecule is CC(C)C(NC(=O)c1cn(Cc2ccccc2)c2ccccc12)C(=O)O. The van der Waals surface area contributed by atoms with E-state index in [1.54, 1.807) is 20.0 Å². The lowest BCUT2D eigenvalue weighted by molar-refractivity contribution is -0.140. The number of carbonyl (C=O) groups is 2. The first-order valence-corrected chi connectivity index (χ1v) is 8.63. The molecule has 1 unspecified atom stereocenters. The van der Waals surface area contributed by atoms with E-state index >= 15 is 0 Å². The number of hydrogen-bond donors (Lipinski definition) is 2. The number of carbonyl (C=O) groups excluding carboxylic acids is 1. The maximum Gasteiger partial charge on any atom is 0.326 e. The highest BCUT2D eigenvalue weighted by atomic mass is 16.4. The Bertz CT molecular complexity index is 929. The Hall–Kier alpha value is -3.08. The molecule has 5 heteroatoms. The van der Waals surface area contributed by atoms with Crippen molar-refractivity contribution in [2.24, 2.45) is 5.92 Å². The molecule has 0 aliphatic carbocycles. The predicted molar refractivity (Wildman–Crippen MR) is 101 cm³/mol. The van der Waals surface area contributed by atoms with Crippen LogP contribution in [0.15, 0.2) is 60.8 Å². The minimum atomic E-state index is -1.03. The first kappa shape index (κ1) is 17.7. The van der Waals surface area contributed by atoms with Crippen molar-refractivity contribution in [2.45, 2.75) is 26.4 Å². The molecule has 0 aliphatic heterocycles. The maximum absolute atomic E-state index is 12.8. The largest absolute Gasteiger partial charge is 0.480 e. The normalized spacial score (nSPS) is 12.3.